The number of aliphatic carboxylic acids is 1. The Morgan fingerprint density at radius 2 is 1.78 bits per heavy atom. The number of rotatable bonds is 4. The van der Waals surface area contributed by atoms with Crippen LogP contribution in [0.25, 0.3) is 22.6 Å². The lowest BCUT2D eigenvalue weighted by molar-refractivity contribution is -0.138. The molecule has 2 aliphatic carbocycles. The minimum Gasteiger partial charge on any atom is -0.481 e. The fourth-order valence-corrected chi connectivity index (χ4v) is 4.42. The second-order valence-corrected chi connectivity index (χ2v) is 8.56. The van der Waals surface area contributed by atoms with Gasteiger partial charge in [-0.3, -0.25) is 9.78 Å². The highest BCUT2D eigenvalue weighted by atomic mass is 16.4. The van der Waals surface area contributed by atoms with E-state index in [1.807, 2.05) is 12.1 Å². The van der Waals surface area contributed by atoms with Gasteiger partial charge in [0.2, 0.25) is 0 Å². The van der Waals surface area contributed by atoms with Gasteiger partial charge < -0.3 is 15.1 Å². The van der Waals surface area contributed by atoms with Crippen molar-refractivity contribution in [3.05, 3.63) is 52.6 Å². The molecule has 0 aromatic carbocycles. The maximum absolute atomic E-state index is 11.0. The first-order valence-corrected chi connectivity index (χ1v) is 11.4. The highest BCUT2D eigenvalue weighted by Crippen LogP contribution is 2.26. The third-order valence-electron chi connectivity index (χ3n) is 6.15. The lowest BCUT2D eigenvalue weighted by Gasteiger charge is -2.18. The summed E-state index contributed by atoms with van der Waals surface area (Å²) < 4.78 is 0. The molecule has 1 fully saturated rings. The van der Waals surface area contributed by atoms with E-state index in [2.05, 4.69) is 24.9 Å². The van der Waals surface area contributed by atoms with Gasteiger partial charge in [-0.2, -0.15) is 0 Å². The zero-order valence-electron chi connectivity index (χ0n) is 18.1. The van der Waals surface area contributed by atoms with Gasteiger partial charge in [-0.05, 0) is 56.6 Å². The highest BCUT2D eigenvalue weighted by Gasteiger charge is 2.16. The Kier molecular flexibility index (Phi) is 7.09. The average molecular weight is 436 g/mol. The van der Waals surface area contributed by atoms with E-state index in [4.69, 9.17) is 5.11 Å². The molecule has 3 aromatic rings. The van der Waals surface area contributed by atoms with E-state index >= 15 is 0 Å². The van der Waals surface area contributed by atoms with Crippen molar-refractivity contribution in [1.82, 2.24) is 24.9 Å². The number of carbonyl (C=O) groups is 1. The molecule has 0 radical (unpaired) electrons. The molecule has 0 atom stereocenters. The van der Waals surface area contributed by atoms with Gasteiger partial charge in [-0.15, -0.1) is 0 Å². The molecular weight excluding hydrogens is 406 g/mol. The Balaban J connectivity index is 0.000000207. The maximum atomic E-state index is 11.0. The molecule has 0 amide bonds. The number of carboxylic acid groups (broad SMARTS) is 1. The number of pyridine rings is 1. The molecular formula is C24H29N5O3. The number of carboxylic acids is 1. The highest BCUT2D eigenvalue weighted by molar-refractivity contribution is 5.67. The van der Waals surface area contributed by atoms with E-state index in [9.17, 15) is 9.59 Å². The number of hydrogen-bond donors (Lipinski definition) is 3. The number of aryl methyl sites for hydroxylation is 2. The van der Waals surface area contributed by atoms with Crippen molar-refractivity contribution < 1.29 is 9.90 Å². The molecule has 3 N–H and O–H groups in total. The van der Waals surface area contributed by atoms with Crippen molar-refractivity contribution in [2.24, 2.45) is 5.92 Å². The number of aromatic amines is 2. The third-order valence-corrected chi connectivity index (χ3v) is 6.15. The van der Waals surface area contributed by atoms with Crippen LogP contribution in [0.2, 0.25) is 0 Å². The third kappa shape index (κ3) is 5.69. The van der Waals surface area contributed by atoms with Crippen LogP contribution in [0.3, 0.4) is 0 Å². The minimum atomic E-state index is -0.632. The predicted molar refractivity (Wildman–Crippen MR) is 121 cm³/mol. The van der Waals surface area contributed by atoms with Gasteiger partial charge in [0.05, 0.1) is 11.4 Å². The summed E-state index contributed by atoms with van der Waals surface area (Å²) >= 11 is 0. The fourth-order valence-electron chi connectivity index (χ4n) is 4.42. The molecule has 0 spiro atoms. The molecule has 32 heavy (non-hydrogen) atoms. The van der Waals surface area contributed by atoms with Gasteiger partial charge in [-0.1, -0.05) is 19.3 Å². The van der Waals surface area contributed by atoms with Crippen LogP contribution in [-0.4, -0.2) is 36.0 Å². The van der Waals surface area contributed by atoms with E-state index in [-0.39, 0.29) is 5.69 Å². The SMILES string of the molecule is O=C(O)CC1CCCCC1.O=c1ncc(-c2ccc(-c3nc4c([nH]3)CCCC4)cn2)c[nH]1. The van der Waals surface area contributed by atoms with Crippen LogP contribution in [0.15, 0.2) is 35.5 Å². The number of imidazole rings is 1. The predicted octanol–water partition coefficient (Wildman–Crippen LogP) is 4.14. The van der Waals surface area contributed by atoms with Crippen LogP contribution in [-0.2, 0) is 17.6 Å². The van der Waals surface area contributed by atoms with Crippen molar-refractivity contribution in [2.45, 2.75) is 64.2 Å². The number of nitrogens with zero attached hydrogens (tertiary/aromatic N) is 3. The Morgan fingerprint density at radius 3 is 2.44 bits per heavy atom. The van der Waals surface area contributed by atoms with Crippen LogP contribution in [0.4, 0.5) is 0 Å². The van der Waals surface area contributed by atoms with Crippen LogP contribution < -0.4 is 5.69 Å². The number of aromatic nitrogens is 5. The van der Waals surface area contributed by atoms with Gasteiger partial charge in [0.25, 0.3) is 0 Å². The monoisotopic (exact) mass is 435 g/mol. The van der Waals surface area contributed by atoms with Crippen LogP contribution in [0, 0.1) is 5.92 Å². The zero-order valence-corrected chi connectivity index (χ0v) is 18.1. The minimum absolute atomic E-state index is 0.360. The van der Waals surface area contributed by atoms with Crippen molar-refractivity contribution >= 4 is 5.97 Å². The van der Waals surface area contributed by atoms with Crippen molar-refractivity contribution in [3.8, 4) is 22.6 Å². The summed E-state index contributed by atoms with van der Waals surface area (Å²) in [4.78, 5) is 40.0. The lowest BCUT2D eigenvalue weighted by atomic mass is 9.87. The number of nitrogens with one attached hydrogen (secondary N) is 2. The number of hydrogen-bond acceptors (Lipinski definition) is 5. The standard InChI is InChI=1S/C16H15N5O.C8H14O2/c22-16-18-8-11(9-19-16)12-6-5-10(7-17-12)15-20-13-3-1-2-4-14(13)21-15;9-8(10)6-7-4-2-1-3-5-7/h5-9H,1-4H2,(H,20,21)(H,18,19,22);7H,1-6H2,(H,9,10). The molecule has 1 saturated carbocycles. The number of fused-ring (bicyclic) bond motifs is 1. The summed E-state index contributed by atoms with van der Waals surface area (Å²) in [5.74, 6) is 0.726. The smallest absolute Gasteiger partial charge is 0.344 e. The summed E-state index contributed by atoms with van der Waals surface area (Å²) in [7, 11) is 0. The van der Waals surface area contributed by atoms with E-state index in [0.717, 1.165) is 48.3 Å². The molecule has 8 heteroatoms. The molecule has 3 heterocycles. The Bertz CT molecular complexity index is 1050. The van der Waals surface area contributed by atoms with Crippen LogP contribution in [0.1, 0.15) is 62.8 Å². The summed E-state index contributed by atoms with van der Waals surface area (Å²) in [6.45, 7) is 0. The van der Waals surface area contributed by atoms with Gasteiger partial charge in [0.1, 0.15) is 5.82 Å². The van der Waals surface area contributed by atoms with Gasteiger partial charge in [0.15, 0.2) is 0 Å². The van der Waals surface area contributed by atoms with Crippen molar-refractivity contribution in [3.63, 3.8) is 0 Å². The van der Waals surface area contributed by atoms with E-state index < -0.39 is 5.97 Å². The van der Waals surface area contributed by atoms with Gasteiger partial charge in [0, 0.05) is 41.8 Å². The van der Waals surface area contributed by atoms with Crippen LogP contribution in [0.5, 0.6) is 0 Å². The average Bonchev–Trinajstić information content (AvgIpc) is 3.25. The molecule has 0 bridgehead atoms. The largest absolute Gasteiger partial charge is 0.481 e. The first-order chi connectivity index (χ1) is 15.6. The Hall–Kier alpha value is -3.29. The van der Waals surface area contributed by atoms with Crippen molar-refractivity contribution in [1.29, 1.82) is 0 Å². The topological polar surface area (TPSA) is 125 Å². The van der Waals surface area contributed by atoms with E-state index in [0.29, 0.717) is 12.3 Å². The van der Waals surface area contributed by atoms with Crippen LogP contribution >= 0.6 is 0 Å². The molecule has 0 unspecified atom stereocenters. The lowest BCUT2D eigenvalue weighted by Crippen LogP contribution is -2.10. The first kappa shape index (κ1) is 21.9. The molecule has 168 valence electrons. The van der Waals surface area contributed by atoms with E-state index in [1.165, 1.54) is 49.7 Å². The Morgan fingerprint density at radius 1 is 1.00 bits per heavy atom. The molecule has 8 nitrogen and oxygen atoms in total. The van der Waals surface area contributed by atoms with Gasteiger partial charge >= 0.3 is 11.7 Å². The first-order valence-electron chi connectivity index (χ1n) is 11.4. The molecule has 3 aromatic heterocycles. The Labute approximate surface area is 186 Å². The zero-order chi connectivity index (χ0) is 22.3. The summed E-state index contributed by atoms with van der Waals surface area (Å²) in [5.41, 5.74) is 4.61. The van der Waals surface area contributed by atoms with E-state index in [1.54, 1.807) is 12.4 Å². The molecule has 0 saturated heterocycles. The molecule has 5 rings (SSSR count). The van der Waals surface area contributed by atoms with Crippen molar-refractivity contribution in [2.75, 3.05) is 0 Å². The second-order valence-electron chi connectivity index (χ2n) is 8.56. The summed E-state index contributed by atoms with van der Waals surface area (Å²) in [6.07, 6.45) is 15.9. The maximum Gasteiger partial charge on any atom is 0.344 e. The fraction of sp³-hybridized carbons (Fsp3) is 0.458. The normalized spacial score (nSPS) is 16.0. The summed E-state index contributed by atoms with van der Waals surface area (Å²) in [6, 6.07) is 3.89. The molecule has 2 aliphatic rings. The quantitative estimate of drug-likeness (QED) is 0.566. The number of H-pyrrole nitrogens is 2. The van der Waals surface area contributed by atoms with Gasteiger partial charge in [-0.25, -0.2) is 14.8 Å². The second kappa shape index (κ2) is 10.3. The molecule has 0 aliphatic heterocycles. The summed E-state index contributed by atoms with van der Waals surface area (Å²) in [5, 5.41) is 8.47.